The highest BCUT2D eigenvalue weighted by Gasteiger charge is 2.24. The lowest BCUT2D eigenvalue weighted by molar-refractivity contribution is 0.147. The number of amides is 1. The number of anilines is 1. The highest BCUT2D eigenvalue weighted by molar-refractivity contribution is 6.35. The number of imidazole rings is 1. The fourth-order valence-corrected chi connectivity index (χ4v) is 4.72. The fourth-order valence-electron chi connectivity index (χ4n) is 4.40. The van der Waals surface area contributed by atoms with Gasteiger partial charge in [-0.25, -0.2) is 19.2 Å². The fraction of sp³-hybridized carbons (Fsp3) is 0.308. The summed E-state index contributed by atoms with van der Waals surface area (Å²) in [5, 5.41) is 2.64. The van der Waals surface area contributed by atoms with Crippen LogP contribution >= 0.6 is 11.6 Å². The van der Waals surface area contributed by atoms with Gasteiger partial charge >= 0.3 is 6.09 Å². The Labute approximate surface area is 228 Å². The molecule has 0 aliphatic carbocycles. The molecule has 5 rings (SSSR count). The molecule has 204 valence electrons. The molecular formula is C26H27ClFN7O4. The number of piperazine rings is 1. The molecule has 2 aromatic carbocycles. The van der Waals surface area contributed by atoms with Crippen LogP contribution in [0.4, 0.5) is 15.1 Å². The topological polar surface area (TPSA) is 118 Å². The average Bonchev–Trinajstić information content (AvgIpc) is 3.37. The van der Waals surface area contributed by atoms with Gasteiger partial charge in [-0.05, 0) is 19.2 Å². The van der Waals surface area contributed by atoms with Crippen LogP contribution in [0.1, 0.15) is 5.69 Å². The number of rotatable bonds is 7. The largest absolute Gasteiger partial charge is 0.495 e. The minimum absolute atomic E-state index is 0.0258. The maximum atomic E-state index is 15.4. The van der Waals surface area contributed by atoms with Gasteiger partial charge in [-0.15, -0.1) is 0 Å². The van der Waals surface area contributed by atoms with E-state index in [1.807, 2.05) is 0 Å². The summed E-state index contributed by atoms with van der Waals surface area (Å²) >= 11 is 6.48. The summed E-state index contributed by atoms with van der Waals surface area (Å²) in [5.41, 5.74) is 1.66. The summed E-state index contributed by atoms with van der Waals surface area (Å²) in [6.07, 6.45) is 3.87. The molecule has 1 saturated heterocycles. The third-order valence-corrected chi connectivity index (χ3v) is 6.84. The van der Waals surface area contributed by atoms with E-state index in [2.05, 4.69) is 42.1 Å². The zero-order valence-corrected chi connectivity index (χ0v) is 22.4. The van der Waals surface area contributed by atoms with Crippen LogP contribution < -0.4 is 19.5 Å². The number of carbonyl (C=O) groups is 1. The Morgan fingerprint density at radius 1 is 1.08 bits per heavy atom. The normalized spacial score (nSPS) is 14.4. The van der Waals surface area contributed by atoms with E-state index < -0.39 is 11.9 Å². The van der Waals surface area contributed by atoms with E-state index in [0.29, 0.717) is 12.1 Å². The number of ether oxygens (including phenoxy) is 3. The van der Waals surface area contributed by atoms with Gasteiger partial charge in [0.1, 0.15) is 16.8 Å². The lowest BCUT2D eigenvalue weighted by Gasteiger charge is -2.31. The predicted octanol–water partition coefficient (Wildman–Crippen LogP) is 4.19. The molecule has 0 bridgehead atoms. The molecule has 11 nitrogen and oxygen atoms in total. The molecule has 1 aliphatic heterocycles. The molecule has 2 aromatic heterocycles. The number of halogens is 2. The van der Waals surface area contributed by atoms with Crippen LogP contribution in [-0.4, -0.2) is 83.3 Å². The zero-order chi connectivity index (χ0) is 27.5. The molecule has 0 radical (unpaired) electrons. The Morgan fingerprint density at radius 3 is 2.51 bits per heavy atom. The molecule has 1 fully saturated rings. The number of hydrogen-bond donors (Lipinski definition) is 2. The van der Waals surface area contributed by atoms with Crippen molar-refractivity contribution in [3.8, 4) is 28.4 Å². The van der Waals surface area contributed by atoms with Crippen molar-refractivity contribution in [1.82, 2.24) is 29.7 Å². The van der Waals surface area contributed by atoms with Crippen molar-refractivity contribution in [2.45, 2.75) is 6.54 Å². The van der Waals surface area contributed by atoms with Gasteiger partial charge < -0.3 is 24.1 Å². The first-order valence-corrected chi connectivity index (χ1v) is 12.5. The Bertz CT molecular complexity index is 1480. The van der Waals surface area contributed by atoms with E-state index in [4.69, 9.17) is 25.8 Å². The number of methoxy groups -OCH3 is 2. The van der Waals surface area contributed by atoms with Crippen molar-refractivity contribution in [3.63, 3.8) is 0 Å². The maximum Gasteiger partial charge on any atom is 0.419 e. The number of hydrogen-bond acceptors (Lipinski definition) is 9. The van der Waals surface area contributed by atoms with Crippen LogP contribution in [-0.2, 0) is 6.54 Å². The second kappa shape index (κ2) is 11.4. The van der Waals surface area contributed by atoms with Gasteiger partial charge in [-0.1, -0.05) is 11.6 Å². The van der Waals surface area contributed by atoms with E-state index >= 15 is 4.39 Å². The van der Waals surface area contributed by atoms with Gasteiger partial charge in [-0.3, -0.25) is 15.2 Å². The van der Waals surface area contributed by atoms with Gasteiger partial charge in [0.15, 0.2) is 17.3 Å². The molecule has 13 heteroatoms. The van der Waals surface area contributed by atoms with Crippen LogP contribution in [0.2, 0.25) is 5.02 Å². The molecule has 0 saturated carbocycles. The maximum absolute atomic E-state index is 15.4. The first-order valence-electron chi connectivity index (χ1n) is 12.2. The number of nitrogens with zero attached hydrogens (tertiary/aromatic N) is 5. The third-order valence-electron chi connectivity index (χ3n) is 6.47. The Morgan fingerprint density at radius 2 is 1.79 bits per heavy atom. The van der Waals surface area contributed by atoms with Gasteiger partial charge in [0, 0.05) is 68.5 Å². The number of likely N-dealkylation sites (N-methyl/N-ethyl adjacent to an activating group) is 1. The summed E-state index contributed by atoms with van der Waals surface area (Å²) in [5.74, 6) is -0.129. The minimum Gasteiger partial charge on any atom is -0.495 e. The summed E-state index contributed by atoms with van der Waals surface area (Å²) in [6, 6.07) is 4.40. The first kappa shape index (κ1) is 26.6. The van der Waals surface area contributed by atoms with Crippen LogP contribution in [0.15, 0.2) is 36.8 Å². The van der Waals surface area contributed by atoms with Crippen LogP contribution in [0.3, 0.4) is 0 Å². The van der Waals surface area contributed by atoms with E-state index in [9.17, 15) is 4.79 Å². The summed E-state index contributed by atoms with van der Waals surface area (Å²) in [4.78, 5) is 33.4. The molecule has 3 heterocycles. The second-order valence-electron chi connectivity index (χ2n) is 8.98. The summed E-state index contributed by atoms with van der Waals surface area (Å²) in [7, 11) is 4.87. The van der Waals surface area contributed by atoms with Gasteiger partial charge in [0.25, 0.3) is 0 Å². The Hall–Kier alpha value is -4.00. The van der Waals surface area contributed by atoms with Crippen LogP contribution in [0.5, 0.6) is 17.2 Å². The average molecular weight is 556 g/mol. The number of nitrogens with one attached hydrogen (secondary N) is 2. The molecule has 0 atom stereocenters. The van der Waals surface area contributed by atoms with Crippen LogP contribution in [0, 0.1) is 5.82 Å². The number of fused-ring (bicyclic) bond motifs is 1. The molecule has 2 N–H and O–H groups in total. The van der Waals surface area contributed by atoms with Gasteiger partial charge in [0.2, 0.25) is 5.95 Å². The number of carbonyl (C=O) groups excluding carboxylic acids is 1. The van der Waals surface area contributed by atoms with Gasteiger partial charge in [0.05, 0.1) is 24.9 Å². The molecular weight excluding hydrogens is 529 g/mol. The van der Waals surface area contributed by atoms with Crippen molar-refractivity contribution in [3.05, 3.63) is 53.3 Å². The van der Waals surface area contributed by atoms with Crippen molar-refractivity contribution < 1.29 is 23.4 Å². The molecule has 0 unspecified atom stereocenters. The summed E-state index contributed by atoms with van der Waals surface area (Å²) in [6.45, 7) is 4.59. The highest BCUT2D eigenvalue weighted by Crippen LogP contribution is 2.44. The highest BCUT2D eigenvalue weighted by atomic mass is 35.5. The molecule has 1 aliphatic rings. The standard InChI is InChI=1S/C26H27ClFN7O4/c1-34-8-10-35(11-9-34)14-15-13-31-25(32-15)33-26(36)39-17-5-4-16(23-24(17)30-7-6-29-23)20-21(27)18(37-2)12-19(38-3)22(20)28/h4-7,12-13H,8-11,14H2,1-3H3,(H2,31,32,33,36). The Balaban J connectivity index is 1.37. The quantitative estimate of drug-likeness (QED) is 0.346. The van der Waals surface area contributed by atoms with Crippen molar-refractivity contribution in [2.75, 3.05) is 52.8 Å². The molecule has 0 spiro atoms. The molecule has 4 aromatic rings. The third kappa shape index (κ3) is 5.58. The molecule has 39 heavy (non-hydrogen) atoms. The Kier molecular flexibility index (Phi) is 7.77. The smallest absolute Gasteiger partial charge is 0.419 e. The van der Waals surface area contributed by atoms with Crippen LogP contribution in [0.25, 0.3) is 22.2 Å². The van der Waals surface area contributed by atoms with Crippen molar-refractivity contribution >= 4 is 34.7 Å². The van der Waals surface area contributed by atoms with E-state index in [-0.39, 0.29) is 44.8 Å². The lowest BCUT2D eigenvalue weighted by Crippen LogP contribution is -2.43. The lowest BCUT2D eigenvalue weighted by atomic mass is 10.0. The van der Waals surface area contributed by atoms with Crippen molar-refractivity contribution in [2.24, 2.45) is 0 Å². The number of aromatic nitrogens is 4. The van der Waals surface area contributed by atoms with E-state index in [1.165, 1.54) is 38.7 Å². The van der Waals surface area contributed by atoms with E-state index in [0.717, 1.165) is 31.9 Å². The second-order valence-corrected chi connectivity index (χ2v) is 9.36. The monoisotopic (exact) mass is 555 g/mol. The number of aromatic amines is 1. The van der Waals surface area contributed by atoms with Gasteiger partial charge in [-0.2, -0.15) is 0 Å². The number of H-pyrrole nitrogens is 1. The van der Waals surface area contributed by atoms with E-state index in [1.54, 1.807) is 12.3 Å². The zero-order valence-electron chi connectivity index (χ0n) is 21.6. The summed E-state index contributed by atoms with van der Waals surface area (Å²) < 4.78 is 31.3. The number of benzene rings is 2. The SMILES string of the molecule is COc1cc(OC)c(Cl)c(-c2ccc(OC(=O)Nc3nc(CN4CCN(C)CC4)c[nH]3)c3nccnc23)c1F. The predicted molar refractivity (Wildman–Crippen MR) is 144 cm³/mol. The minimum atomic E-state index is -0.775. The first-order chi connectivity index (χ1) is 18.9. The molecule has 1 amide bonds. The van der Waals surface area contributed by atoms with Crippen molar-refractivity contribution in [1.29, 1.82) is 0 Å².